The highest BCUT2D eigenvalue weighted by molar-refractivity contribution is 5.91. The van der Waals surface area contributed by atoms with E-state index in [0.717, 1.165) is 32.1 Å². The van der Waals surface area contributed by atoms with Crippen LogP contribution in [-0.4, -0.2) is 29.9 Å². The van der Waals surface area contributed by atoms with Crippen molar-refractivity contribution in [2.45, 2.75) is 97.7 Å². The van der Waals surface area contributed by atoms with E-state index < -0.39 is 0 Å². The Hall–Kier alpha value is -1.65. The predicted octanol–water partition coefficient (Wildman–Crippen LogP) is 4.77. The molecule has 5 heteroatoms. The molecule has 4 aliphatic carbocycles. The lowest BCUT2D eigenvalue weighted by molar-refractivity contribution is -0.175. The molecule has 0 aliphatic heterocycles. The topological polar surface area (TPSA) is 69.7 Å². The first-order valence-corrected chi connectivity index (χ1v) is 11.9. The molecule has 0 N–H and O–H groups in total. The van der Waals surface area contributed by atoms with Gasteiger partial charge in [0.2, 0.25) is 0 Å². The van der Waals surface area contributed by atoms with Gasteiger partial charge in [0, 0.05) is 37.0 Å². The number of hydrogen-bond acceptors (Lipinski definition) is 5. The minimum absolute atomic E-state index is 0.00715. The molecule has 0 heterocycles. The number of ketones is 1. The van der Waals surface area contributed by atoms with Crippen molar-refractivity contribution < 1.29 is 23.9 Å². The number of carbonyl (C=O) groups excluding carboxylic acids is 3. The Kier molecular flexibility index (Phi) is 5.61. The van der Waals surface area contributed by atoms with Crippen LogP contribution < -0.4 is 0 Å². The zero-order valence-corrected chi connectivity index (χ0v) is 18.9. The number of fused-ring (bicyclic) bond motifs is 5. The van der Waals surface area contributed by atoms with E-state index in [1.165, 1.54) is 5.57 Å². The van der Waals surface area contributed by atoms with E-state index in [2.05, 4.69) is 13.8 Å². The summed E-state index contributed by atoms with van der Waals surface area (Å²) in [5.74, 6) is 0.957. The van der Waals surface area contributed by atoms with E-state index in [1.54, 1.807) is 0 Å². The summed E-state index contributed by atoms with van der Waals surface area (Å²) >= 11 is 0. The molecule has 0 amide bonds. The number of hydrogen-bond donors (Lipinski definition) is 0. The monoisotopic (exact) mass is 416 g/mol. The fraction of sp³-hybridized carbons (Fsp3) is 0.800. The molecule has 0 aromatic carbocycles. The van der Waals surface area contributed by atoms with Gasteiger partial charge in [0.1, 0.15) is 12.2 Å². The summed E-state index contributed by atoms with van der Waals surface area (Å²) in [6.45, 7) is 8.28. The molecule has 3 fully saturated rings. The van der Waals surface area contributed by atoms with Crippen molar-refractivity contribution in [1.82, 2.24) is 0 Å². The first kappa shape index (κ1) is 21.6. The Morgan fingerprint density at radius 1 is 1.00 bits per heavy atom. The van der Waals surface area contributed by atoms with Gasteiger partial charge < -0.3 is 9.47 Å². The second-order valence-electron chi connectivity index (χ2n) is 10.4. The first-order valence-electron chi connectivity index (χ1n) is 11.9. The third kappa shape index (κ3) is 3.33. The van der Waals surface area contributed by atoms with Crippen molar-refractivity contribution in [2.24, 2.45) is 28.6 Å². The van der Waals surface area contributed by atoms with Gasteiger partial charge in [0.05, 0.1) is 0 Å². The zero-order valence-electron chi connectivity index (χ0n) is 18.9. The maximum atomic E-state index is 12.3. The SMILES string of the molecule is CCC(=O)O[C@H]1CC[C@H]2[C@@H]3[C@H](OC(=O)CC)CC4=CC(=O)CC[C@]4(C)[C@H]3CC[C@]12C. The Morgan fingerprint density at radius 2 is 1.70 bits per heavy atom. The standard InChI is InChI=1S/C25H36O5/c1-5-21(27)29-19-14-15-13-16(26)9-11-24(15,3)18-10-12-25(4)17(23(18)19)7-8-20(25)30-22(28)6-2/h13,17-20,23H,5-12,14H2,1-4H3/t17-,18-,19+,20-,23-,24-,25-/m0/s1. The molecule has 0 aromatic heterocycles. The number of esters is 2. The maximum Gasteiger partial charge on any atom is 0.305 e. The molecule has 0 bridgehead atoms. The smallest absolute Gasteiger partial charge is 0.305 e. The Morgan fingerprint density at radius 3 is 2.40 bits per heavy atom. The lowest BCUT2D eigenvalue weighted by Gasteiger charge is -2.59. The van der Waals surface area contributed by atoms with Crippen molar-refractivity contribution in [3.05, 3.63) is 11.6 Å². The normalized spacial score (nSPS) is 42.5. The van der Waals surface area contributed by atoms with Gasteiger partial charge in [0.25, 0.3) is 0 Å². The van der Waals surface area contributed by atoms with Crippen LogP contribution >= 0.6 is 0 Å². The molecule has 30 heavy (non-hydrogen) atoms. The van der Waals surface area contributed by atoms with Crippen LogP contribution in [0.3, 0.4) is 0 Å². The highest BCUT2D eigenvalue weighted by Gasteiger charge is 2.63. The molecule has 7 atom stereocenters. The predicted molar refractivity (Wildman–Crippen MR) is 112 cm³/mol. The summed E-state index contributed by atoms with van der Waals surface area (Å²) in [4.78, 5) is 36.5. The van der Waals surface area contributed by atoms with Gasteiger partial charge in [-0.2, -0.15) is 0 Å². The quantitative estimate of drug-likeness (QED) is 0.617. The Balaban J connectivity index is 1.69. The van der Waals surface area contributed by atoms with Gasteiger partial charge in [-0.3, -0.25) is 14.4 Å². The van der Waals surface area contributed by atoms with Crippen molar-refractivity contribution in [1.29, 1.82) is 0 Å². The summed E-state index contributed by atoms with van der Waals surface area (Å²) in [6, 6.07) is 0. The lowest BCUT2D eigenvalue weighted by Crippen LogP contribution is -2.57. The third-order valence-electron chi connectivity index (χ3n) is 9.01. The second-order valence-corrected chi connectivity index (χ2v) is 10.4. The van der Waals surface area contributed by atoms with Crippen LogP contribution in [0.4, 0.5) is 0 Å². The molecule has 4 rings (SSSR count). The van der Waals surface area contributed by atoms with E-state index in [1.807, 2.05) is 19.9 Å². The van der Waals surface area contributed by atoms with Gasteiger partial charge in [0.15, 0.2) is 5.78 Å². The molecule has 4 aliphatic rings. The van der Waals surface area contributed by atoms with Crippen molar-refractivity contribution in [2.75, 3.05) is 0 Å². The van der Waals surface area contributed by atoms with E-state index in [0.29, 0.717) is 37.5 Å². The highest BCUT2D eigenvalue weighted by atomic mass is 16.5. The molecular formula is C25H36O5. The van der Waals surface area contributed by atoms with Gasteiger partial charge in [-0.25, -0.2) is 0 Å². The molecule has 0 aromatic rings. The Labute approximate surface area is 179 Å². The fourth-order valence-electron chi connectivity index (χ4n) is 7.26. The van der Waals surface area contributed by atoms with Gasteiger partial charge in [-0.1, -0.05) is 33.3 Å². The van der Waals surface area contributed by atoms with Gasteiger partial charge in [-0.05, 0) is 55.4 Å². The summed E-state index contributed by atoms with van der Waals surface area (Å²) in [5, 5.41) is 0. The average Bonchev–Trinajstić information content (AvgIpc) is 3.05. The van der Waals surface area contributed by atoms with Crippen LogP contribution in [0, 0.1) is 28.6 Å². The van der Waals surface area contributed by atoms with Gasteiger partial charge >= 0.3 is 11.9 Å². The van der Waals surface area contributed by atoms with Crippen LogP contribution in [-0.2, 0) is 23.9 Å². The second kappa shape index (κ2) is 7.80. The largest absolute Gasteiger partial charge is 0.462 e. The Bertz CT molecular complexity index is 770. The van der Waals surface area contributed by atoms with Crippen LogP contribution in [0.25, 0.3) is 0 Å². The molecule has 0 spiro atoms. The molecular weight excluding hydrogens is 380 g/mol. The van der Waals surface area contributed by atoms with E-state index in [-0.39, 0.29) is 46.7 Å². The summed E-state index contributed by atoms with van der Waals surface area (Å²) < 4.78 is 11.9. The van der Waals surface area contributed by atoms with Crippen molar-refractivity contribution >= 4 is 17.7 Å². The van der Waals surface area contributed by atoms with E-state index in [4.69, 9.17) is 9.47 Å². The molecule has 0 saturated heterocycles. The number of rotatable bonds is 4. The van der Waals surface area contributed by atoms with Crippen LogP contribution in [0.15, 0.2) is 11.6 Å². The van der Waals surface area contributed by atoms with Crippen LogP contribution in [0.5, 0.6) is 0 Å². The van der Waals surface area contributed by atoms with E-state index in [9.17, 15) is 14.4 Å². The average molecular weight is 417 g/mol. The van der Waals surface area contributed by atoms with Crippen molar-refractivity contribution in [3.63, 3.8) is 0 Å². The first-order chi connectivity index (χ1) is 14.2. The zero-order chi connectivity index (χ0) is 21.7. The molecule has 166 valence electrons. The van der Waals surface area contributed by atoms with E-state index >= 15 is 0 Å². The fourth-order valence-corrected chi connectivity index (χ4v) is 7.26. The minimum atomic E-state index is -0.182. The highest BCUT2D eigenvalue weighted by Crippen LogP contribution is 2.66. The molecule has 3 saturated carbocycles. The summed E-state index contributed by atoms with van der Waals surface area (Å²) in [7, 11) is 0. The van der Waals surface area contributed by atoms with Crippen molar-refractivity contribution in [3.8, 4) is 0 Å². The molecule has 5 nitrogen and oxygen atoms in total. The number of ether oxygens (including phenoxy) is 2. The maximum absolute atomic E-state index is 12.3. The summed E-state index contributed by atoms with van der Waals surface area (Å²) in [5.41, 5.74) is 1.13. The molecule has 0 unspecified atom stereocenters. The van der Waals surface area contributed by atoms with Gasteiger partial charge in [-0.15, -0.1) is 0 Å². The summed E-state index contributed by atoms with van der Waals surface area (Å²) in [6.07, 6.45) is 8.51. The minimum Gasteiger partial charge on any atom is -0.462 e. The lowest BCUT2D eigenvalue weighted by atomic mass is 9.46. The third-order valence-corrected chi connectivity index (χ3v) is 9.01. The van der Waals surface area contributed by atoms with Crippen LogP contribution in [0.2, 0.25) is 0 Å². The molecule has 0 radical (unpaired) electrons. The van der Waals surface area contributed by atoms with Crippen LogP contribution in [0.1, 0.15) is 85.5 Å². The number of carbonyl (C=O) groups is 3.